The van der Waals surface area contributed by atoms with Gasteiger partial charge in [0, 0.05) is 13.1 Å². The van der Waals surface area contributed by atoms with E-state index in [9.17, 15) is 4.39 Å². The van der Waals surface area contributed by atoms with Crippen LogP contribution in [0, 0.1) is 5.82 Å². The maximum absolute atomic E-state index is 13.5. The molecule has 1 atom stereocenters. The van der Waals surface area contributed by atoms with E-state index in [1.54, 1.807) is 18.2 Å². The van der Waals surface area contributed by atoms with Crippen LogP contribution in [0.25, 0.3) is 0 Å². The summed E-state index contributed by atoms with van der Waals surface area (Å²) in [5.74, 6) is 0.680. The molecule has 1 aromatic rings. The van der Waals surface area contributed by atoms with Gasteiger partial charge in [-0.05, 0) is 32.4 Å². The maximum atomic E-state index is 13.5. The van der Waals surface area contributed by atoms with E-state index in [0.717, 1.165) is 25.5 Å². The summed E-state index contributed by atoms with van der Waals surface area (Å²) in [7, 11) is 0. The first kappa shape index (κ1) is 16.3. The van der Waals surface area contributed by atoms with Crippen LogP contribution in [0.4, 0.5) is 4.39 Å². The third-order valence-electron chi connectivity index (χ3n) is 2.56. The van der Waals surface area contributed by atoms with E-state index in [2.05, 4.69) is 22.5 Å². The van der Waals surface area contributed by atoms with Gasteiger partial charge in [0.15, 0.2) is 17.5 Å². The summed E-state index contributed by atoms with van der Waals surface area (Å²) >= 11 is 0. The lowest BCUT2D eigenvalue weighted by Gasteiger charge is -2.15. The number of nitrogens with one attached hydrogen (secondary N) is 2. The summed E-state index contributed by atoms with van der Waals surface area (Å²) in [5.41, 5.74) is 0. The molecule has 112 valence electrons. The van der Waals surface area contributed by atoms with E-state index >= 15 is 0 Å². The summed E-state index contributed by atoms with van der Waals surface area (Å²) in [6.07, 6.45) is 0.843. The predicted molar refractivity (Wildman–Crippen MR) is 80.8 cm³/mol. The molecule has 1 aromatic carbocycles. The van der Waals surface area contributed by atoms with Gasteiger partial charge in [0.05, 0.1) is 6.54 Å². The van der Waals surface area contributed by atoms with Gasteiger partial charge >= 0.3 is 0 Å². The van der Waals surface area contributed by atoms with Gasteiger partial charge in [-0.1, -0.05) is 19.1 Å². The van der Waals surface area contributed by atoms with Crippen molar-refractivity contribution < 1.29 is 9.13 Å². The number of halogens is 1. The Bertz CT molecular complexity index is 423. The Labute approximate surface area is 120 Å². The Kier molecular flexibility index (Phi) is 7.47. The smallest absolute Gasteiger partial charge is 0.191 e. The van der Waals surface area contributed by atoms with Gasteiger partial charge in [0.2, 0.25) is 0 Å². The fourth-order valence-electron chi connectivity index (χ4n) is 1.60. The Hall–Kier alpha value is -1.78. The minimum atomic E-state index is -0.348. The van der Waals surface area contributed by atoms with Crippen LogP contribution in [0.3, 0.4) is 0 Å². The van der Waals surface area contributed by atoms with Crippen molar-refractivity contribution in [2.24, 2.45) is 4.99 Å². The van der Waals surface area contributed by atoms with Crippen LogP contribution in [0.1, 0.15) is 27.2 Å². The second-order valence-corrected chi connectivity index (χ2v) is 4.51. The molecule has 0 spiro atoms. The van der Waals surface area contributed by atoms with Crippen molar-refractivity contribution in [1.29, 1.82) is 0 Å². The highest BCUT2D eigenvalue weighted by atomic mass is 19.1. The Morgan fingerprint density at radius 1 is 1.30 bits per heavy atom. The van der Waals surface area contributed by atoms with Crippen molar-refractivity contribution in [3.8, 4) is 5.75 Å². The molecule has 0 aliphatic heterocycles. The molecule has 0 saturated heterocycles. The molecule has 0 radical (unpaired) electrons. The first-order valence-electron chi connectivity index (χ1n) is 7.10. The van der Waals surface area contributed by atoms with Crippen molar-refractivity contribution >= 4 is 5.96 Å². The molecular formula is C15H24FN3O. The molecular weight excluding hydrogens is 257 g/mol. The molecule has 0 aromatic heterocycles. The Morgan fingerprint density at radius 2 is 2.05 bits per heavy atom. The number of nitrogens with zero attached hydrogens (tertiary/aromatic N) is 1. The van der Waals surface area contributed by atoms with Gasteiger partial charge in [-0.3, -0.25) is 0 Å². The molecule has 20 heavy (non-hydrogen) atoms. The fraction of sp³-hybridized carbons (Fsp3) is 0.533. The standard InChI is InChI=1S/C15H24FN3O/c1-4-10-18-15(17-5-2)19-11-12(3)20-14-9-7-6-8-13(14)16/h6-9,12H,4-5,10-11H2,1-3H3,(H2,17,18,19). The highest BCUT2D eigenvalue weighted by Crippen LogP contribution is 2.16. The lowest BCUT2D eigenvalue weighted by atomic mass is 10.3. The van der Waals surface area contributed by atoms with E-state index in [1.807, 2.05) is 13.8 Å². The van der Waals surface area contributed by atoms with Gasteiger partial charge in [-0.15, -0.1) is 0 Å². The second kappa shape index (κ2) is 9.18. The number of benzene rings is 1. The van der Waals surface area contributed by atoms with Crippen molar-refractivity contribution in [2.75, 3.05) is 19.6 Å². The molecule has 2 N–H and O–H groups in total. The number of guanidine groups is 1. The van der Waals surface area contributed by atoms with E-state index in [-0.39, 0.29) is 17.7 Å². The summed E-state index contributed by atoms with van der Waals surface area (Å²) in [6, 6.07) is 6.40. The van der Waals surface area contributed by atoms with Crippen molar-refractivity contribution in [1.82, 2.24) is 10.6 Å². The van der Waals surface area contributed by atoms with Crippen LogP contribution in [-0.2, 0) is 0 Å². The zero-order chi connectivity index (χ0) is 14.8. The predicted octanol–water partition coefficient (Wildman–Crippen LogP) is 2.56. The number of aliphatic imine (C=N–C) groups is 1. The van der Waals surface area contributed by atoms with Crippen LogP contribution in [0.5, 0.6) is 5.75 Å². The quantitative estimate of drug-likeness (QED) is 0.596. The molecule has 0 saturated carbocycles. The zero-order valence-corrected chi connectivity index (χ0v) is 12.4. The van der Waals surface area contributed by atoms with Gasteiger partial charge in [0.25, 0.3) is 0 Å². The minimum Gasteiger partial charge on any atom is -0.486 e. The highest BCUT2D eigenvalue weighted by Gasteiger charge is 2.07. The van der Waals surface area contributed by atoms with Gasteiger partial charge in [0.1, 0.15) is 6.10 Å². The van der Waals surface area contributed by atoms with E-state index in [0.29, 0.717) is 6.54 Å². The van der Waals surface area contributed by atoms with Crippen molar-refractivity contribution in [3.63, 3.8) is 0 Å². The summed E-state index contributed by atoms with van der Waals surface area (Å²) in [4.78, 5) is 4.42. The first-order valence-corrected chi connectivity index (χ1v) is 7.10. The third-order valence-corrected chi connectivity index (χ3v) is 2.56. The molecule has 0 fully saturated rings. The van der Waals surface area contributed by atoms with Crippen LogP contribution >= 0.6 is 0 Å². The molecule has 0 heterocycles. The SMILES string of the molecule is CCCNC(=NCC(C)Oc1ccccc1F)NCC. The molecule has 1 unspecified atom stereocenters. The topological polar surface area (TPSA) is 45.7 Å². The van der Waals surface area contributed by atoms with E-state index in [1.165, 1.54) is 6.07 Å². The summed E-state index contributed by atoms with van der Waals surface area (Å²) in [6.45, 7) is 8.13. The lowest BCUT2D eigenvalue weighted by molar-refractivity contribution is 0.220. The van der Waals surface area contributed by atoms with Crippen molar-refractivity contribution in [2.45, 2.75) is 33.3 Å². The molecule has 5 heteroatoms. The van der Waals surface area contributed by atoms with Gasteiger partial charge < -0.3 is 15.4 Å². The van der Waals surface area contributed by atoms with Crippen LogP contribution in [0.2, 0.25) is 0 Å². The maximum Gasteiger partial charge on any atom is 0.191 e. The van der Waals surface area contributed by atoms with Crippen molar-refractivity contribution in [3.05, 3.63) is 30.1 Å². The summed E-state index contributed by atoms with van der Waals surface area (Å²) < 4.78 is 19.0. The molecule has 0 aliphatic rings. The molecule has 1 rings (SSSR count). The van der Waals surface area contributed by atoms with E-state index < -0.39 is 0 Å². The van der Waals surface area contributed by atoms with Crippen LogP contribution < -0.4 is 15.4 Å². The largest absolute Gasteiger partial charge is 0.486 e. The summed E-state index contributed by atoms with van der Waals surface area (Å²) in [5, 5.41) is 6.37. The fourth-order valence-corrected chi connectivity index (χ4v) is 1.60. The number of hydrogen-bond donors (Lipinski definition) is 2. The zero-order valence-electron chi connectivity index (χ0n) is 12.4. The molecule has 0 aliphatic carbocycles. The van der Waals surface area contributed by atoms with Gasteiger partial charge in [-0.25, -0.2) is 9.38 Å². The number of para-hydroxylation sites is 1. The number of rotatable bonds is 7. The first-order chi connectivity index (χ1) is 9.67. The van der Waals surface area contributed by atoms with Gasteiger partial charge in [-0.2, -0.15) is 0 Å². The molecule has 0 amide bonds. The average Bonchev–Trinajstić information content (AvgIpc) is 2.44. The monoisotopic (exact) mass is 281 g/mol. The minimum absolute atomic E-state index is 0.191. The average molecular weight is 281 g/mol. The normalized spacial score (nSPS) is 12.9. The molecule has 0 bridgehead atoms. The van der Waals surface area contributed by atoms with E-state index in [4.69, 9.17) is 4.74 Å². The lowest BCUT2D eigenvalue weighted by Crippen LogP contribution is -2.38. The Balaban J connectivity index is 2.51. The second-order valence-electron chi connectivity index (χ2n) is 4.51. The molecule has 4 nitrogen and oxygen atoms in total. The number of ether oxygens (including phenoxy) is 1. The Morgan fingerprint density at radius 3 is 2.70 bits per heavy atom. The number of hydrogen-bond acceptors (Lipinski definition) is 2. The van der Waals surface area contributed by atoms with Crippen LogP contribution in [0.15, 0.2) is 29.3 Å². The third kappa shape index (κ3) is 5.91. The van der Waals surface area contributed by atoms with Crippen LogP contribution in [-0.4, -0.2) is 31.7 Å². The highest BCUT2D eigenvalue weighted by molar-refractivity contribution is 5.79.